The van der Waals surface area contributed by atoms with Gasteiger partial charge in [-0.15, -0.1) is 11.8 Å². The van der Waals surface area contributed by atoms with E-state index in [4.69, 9.17) is 4.98 Å². The summed E-state index contributed by atoms with van der Waals surface area (Å²) >= 11 is 1.46. The minimum Gasteiger partial charge on any atom is -0.367 e. The number of amides is 4. The molecule has 3 aromatic heterocycles. The van der Waals surface area contributed by atoms with E-state index in [2.05, 4.69) is 36.3 Å². The number of urea groups is 1. The fourth-order valence-electron chi connectivity index (χ4n) is 4.00. The fourth-order valence-corrected chi connectivity index (χ4v) is 5.11. The zero-order chi connectivity index (χ0) is 25.5. The second-order valence-electron chi connectivity index (χ2n) is 9.03. The van der Waals surface area contributed by atoms with Crippen molar-refractivity contribution >= 4 is 47.1 Å². The van der Waals surface area contributed by atoms with Crippen LogP contribution in [0, 0.1) is 6.92 Å². The molecule has 3 aliphatic rings. The molecular weight excluding hydrogens is 494 g/mol. The average molecular weight is 518 g/mol. The van der Waals surface area contributed by atoms with Crippen molar-refractivity contribution in [3.8, 4) is 0 Å². The molecule has 5 heterocycles. The number of carbonyl (C=O) groups excluding carboxylic acids is 3. The van der Waals surface area contributed by atoms with Gasteiger partial charge in [-0.25, -0.2) is 9.78 Å². The van der Waals surface area contributed by atoms with E-state index < -0.39 is 11.9 Å². The van der Waals surface area contributed by atoms with E-state index in [1.54, 1.807) is 29.2 Å². The summed E-state index contributed by atoms with van der Waals surface area (Å²) in [5.41, 5.74) is 3.60. The lowest BCUT2D eigenvalue weighted by Crippen LogP contribution is -2.23. The number of fused-ring (bicyclic) bond motifs is 1. The van der Waals surface area contributed by atoms with Crippen LogP contribution < -0.4 is 21.3 Å². The lowest BCUT2D eigenvalue weighted by atomic mass is 10.2. The number of anilines is 1. The number of nitrogens with zero attached hydrogens (tertiary/aromatic N) is 5. The summed E-state index contributed by atoms with van der Waals surface area (Å²) in [7, 11) is 0. The van der Waals surface area contributed by atoms with E-state index in [-0.39, 0.29) is 16.9 Å². The fraction of sp³-hybridized carbons (Fsp3) is 0.292. The van der Waals surface area contributed by atoms with Crippen molar-refractivity contribution in [2.75, 3.05) is 5.32 Å². The van der Waals surface area contributed by atoms with E-state index in [9.17, 15) is 14.4 Å². The molecule has 1 atom stereocenters. The Hall–Kier alpha value is -4.26. The Morgan fingerprint density at radius 3 is 2.81 bits per heavy atom. The molecule has 1 unspecified atom stereocenters. The Kier molecular flexibility index (Phi) is 5.83. The predicted octanol–water partition coefficient (Wildman–Crippen LogP) is 1.96. The Morgan fingerprint density at radius 1 is 1.22 bits per heavy atom. The van der Waals surface area contributed by atoms with Crippen LogP contribution in [0.3, 0.4) is 0 Å². The van der Waals surface area contributed by atoms with E-state index in [1.807, 2.05) is 19.1 Å². The molecule has 1 saturated heterocycles. The standard InChI is InChI=1S/C24H23N9O3S/c1-12-8-26-15(10-25-12)11-27-23(35)19-5-4-18(37-19)16-7-20(29-14-2-3-14)33-21(30-16)13(9-28-33)6-17-22(34)32-24(36)31-17/h5-10,14,18,29H,2-4,11H2,1H3,(H,27,35)(H2,31,32,34,36)/b17-6-. The lowest BCUT2D eigenvalue weighted by Gasteiger charge is -2.14. The van der Waals surface area contributed by atoms with E-state index in [1.165, 1.54) is 11.8 Å². The molecule has 188 valence electrons. The van der Waals surface area contributed by atoms with Crippen LogP contribution in [-0.2, 0) is 16.1 Å². The monoisotopic (exact) mass is 517 g/mol. The maximum Gasteiger partial charge on any atom is 0.326 e. The van der Waals surface area contributed by atoms with Gasteiger partial charge in [-0.2, -0.15) is 9.61 Å². The number of nitrogens with one attached hydrogen (secondary N) is 4. The van der Waals surface area contributed by atoms with Crippen LogP contribution in [-0.4, -0.2) is 48.5 Å². The first-order chi connectivity index (χ1) is 17.9. The molecule has 4 N–H and O–H groups in total. The summed E-state index contributed by atoms with van der Waals surface area (Å²) in [6, 6.07) is 1.78. The quantitative estimate of drug-likeness (QED) is 0.272. The van der Waals surface area contributed by atoms with E-state index >= 15 is 0 Å². The highest BCUT2D eigenvalue weighted by Crippen LogP contribution is 2.44. The van der Waals surface area contributed by atoms with Gasteiger partial charge in [0.1, 0.15) is 11.5 Å². The van der Waals surface area contributed by atoms with Crippen molar-refractivity contribution in [1.29, 1.82) is 0 Å². The van der Waals surface area contributed by atoms with Crippen LogP contribution in [0.2, 0.25) is 0 Å². The van der Waals surface area contributed by atoms with Crippen LogP contribution in [0.1, 0.15) is 47.2 Å². The summed E-state index contributed by atoms with van der Waals surface area (Å²) in [6.45, 7) is 2.16. The molecule has 0 aromatic carbocycles. The maximum absolute atomic E-state index is 12.8. The number of hydrogen-bond donors (Lipinski definition) is 4. The van der Waals surface area contributed by atoms with Crippen LogP contribution in [0.25, 0.3) is 11.7 Å². The van der Waals surface area contributed by atoms with Gasteiger partial charge in [0, 0.05) is 23.9 Å². The largest absolute Gasteiger partial charge is 0.367 e. The molecular formula is C24H23N9O3S. The number of rotatable bonds is 7. The summed E-state index contributed by atoms with van der Waals surface area (Å²) in [5.74, 6) is 0.133. The van der Waals surface area contributed by atoms with Gasteiger partial charge in [0.05, 0.1) is 46.2 Å². The number of thioether (sulfide) groups is 1. The summed E-state index contributed by atoms with van der Waals surface area (Å²) in [4.78, 5) is 50.3. The number of aromatic nitrogens is 5. The van der Waals surface area contributed by atoms with Gasteiger partial charge in [-0.05, 0) is 32.3 Å². The second-order valence-corrected chi connectivity index (χ2v) is 10.3. The molecule has 4 amide bonds. The van der Waals surface area contributed by atoms with Gasteiger partial charge in [-0.1, -0.05) is 6.08 Å². The smallest absolute Gasteiger partial charge is 0.326 e. The summed E-state index contributed by atoms with van der Waals surface area (Å²) < 4.78 is 1.70. The molecule has 0 radical (unpaired) electrons. The molecule has 37 heavy (non-hydrogen) atoms. The number of carbonyl (C=O) groups is 3. The number of allylic oxidation sites excluding steroid dienone is 1. The molecule has 1 aliphatic carbocycles. The molecule has 1 saturated carbocycles. The summed E-state index contributed by atoms with van der Waals surface area (Å²) in [5, 5.41) is 15.5. The lowest BCUT2D eigenvalue weighted by molar-refractivity contribution is -0.117. The molecule has 12 nitrogen and oxygen atoms in total. The van der Waals surface area contributed by atoms with Crippen molar-refractivity contribution in [3.63, 3.8) is 0 Å². The van der Waals surface area contributed by atoms with Crippen LogP contribution in [0.4, 0.5) is 10.6 Å². The first kappa shape index (κ1) is 23.2. The van der Waals surface area contributed by atoms with Crippen molar-refractivity contribution in [1.82, 2.24) is 40.5 Å². The number of imide groups is 1. The van der Waals surface area contributed by atoms with E-state index in [0.717, 1.165) is 30.0 Å². The maximum atomic E-state index is 12.8. The normalized spacial score (nSPS) is 20.2. The number of aryl methyl sites for hydroxylation is 1. The third-order valence-electron chi connectivity index (χ3n) is 6.07. The van der Waals surface area contributed by atoms with Crippen LogP contribution in [0.15, 0.2) is 41.3 Å². The first-order valence-corrected chi connectivity index (χ1v) is 12.7. The molecule has 2 fully saturated rings. The molecule has 6 rings (SSSR count). The van der Waals surface area contributed by atoms with Gasteiger partial charge in [0.25, 0.3) is 11.8 Å². The molecule has 0 bridgehead atoms. The SMILES string of the molecule is Cc1cnc(CNC(=O)C2=CCC(c3cc(NC4CC4)n4ncc(/C=C5\NC(=O)NC5=O)c4n3)S2)cn1. The Bertz CT molecular complexity index is 1490. The second kappa shape index (κ2) is 9.32. The van der Waals surface area contributed by atoms with Crippen LogP contribution in [0.5, 0.6) is 0 Å². The highest BCUT2D eigenvalue weighted by molar-refractivity contribution is 8.04. The molecule has 0 spiro atoms. The van der Waals surface area contributed by atoms with Gasteiger partial charge >= 0.3 is 6.03 Å². The van der Waals surface area contributed by atoms with Gasteiger partial charge in [0.2, 0.25) is 0 Å². The number of hydrogen-bond acceptors (Lipinski definition) is 9. The van der Waals surface area contributed by atoms with Crippen LogP contribution >= 0.6 is 11.8 Å². The zero-order valence-electron chi connectivity index (χ0n) is 19.8. The third kappa shape index (κ3) is 4.89. The molecule has 3 aromatic rings. The van der Waals surface area contributed by atoms with Gasteiger partial charge in [-0.3, -0.25) is 24.9 Å². The van der Waals surface area contributed by atoms with Gasteiger partial charge < -0.3 is 16.0 Å². The molecule has 2 aliphatic heterocycles. The molecule has 13 heteroatoms. The highest BCUT2D eigenvalue weighted by atomic mass is 32.2. The minimum absolute atomic E-state index is 0.0606. The third-order valence-corrected chi connectivity index (χ3v) is 7.40. The van der Waals surface area contributed by atoms with Crippen molar-refractivity contribution in [3.05, 3.63) is 64.0 Å². The highest BCUT2D eigenvalue weighted by Gasteiger charge is 2.29. The minimum atomic E-state index is -0.564. The topological polar surface area (TPSA) is 155 Å². The Labute approximate surface area is 215 Å². The van der Waals surface area contributed by atoms with Gasteiger partial charge in [0.15, 0.2) is 5.65 Å². The summed E-state index contributed by atoms with van der Waals surface area (Å²) in [6.07, 6.45) is 11.2. The Balaban J connectivity index is 1.23. The zero-order valence-corrected chi connectivity index (χ0v) is 20.6. The van der Waals surface area contributed by atoms with Crippen molar-refractivity contribution in [2.24, 2.45) is 0 Å². The predicted molar refractivity (Wildman–Crippen MR) is 136 cm³/mol. The van der Waals surface area contributed by atoms with Crippen molar-refractivity contribution in [2.45, 2.75) is 44.0 Å². The average Bonchev–Trinajstić information content (AvgIpc) is 3.25. The Morgan fingerprint density at radius 2 is 2.08 bits per heavy atom. The van der Waals surface area contributed by atoms with E-state index in [0.29, 0.717) is 40.8 Å². The first-order valence-electron chi connectivity index (χ1n) is 11.8. The van der Waals surface area contributed by atoms with Crippen molar-refractivity contribution < 1.29 is 14.4 Å².